The first-order chi connectivity index (χ1) is 12.0. The Kier molecular flexibility index (Phi) is 6.52. The maximum atomic E-state index is 13.2. The van der Waals surface area contributed by atoms with Gasteiger partial charge in [-0.05, 0) is 31.0 Å². The highest BCUT2D eigenvalue weighted by atomic mass is 32.1. The summed E-state index contributed by atoms with van der Waals surface area (Å²) in [4.78, 5) is 25.0. The molecule has 1 aromatic heterocycles. The first-order valence-corrected chi connectivity index (χ1v) is 8.71. The lowest BCUT2D eigenvalue weighted by Gasteiger charge is -2.08. The number of hydrogen-bond acceptors (Lipinski definition) is 5. The molecule has 0 saturated carbocycles. The van der Waals surface area contributed by atoms with Crippen LogP contribution in [0.3, 0.4) is 0 Å². The molecule has 1 aromatic carbocycles. The highest BCUT2D eigenvalue weighted by Crippen LogP contribution is 2.40. The SMILES string of the molecule is CCCCOC(=O)Nc1sc(C)c(-c2ccc(F)cc2)c1C(=O)OC. The summed E-state index contributed by atoms with van der Waals surface area (Å²) in [5.41, 5.74) is 1.52. The van der Waals surface area contributed by atoms with E-state index < -0.39 is 12.1 Å². The Labute approximate surface area is 149 Å². The molecule has 2 aromatic rings. The van der Waals surface area contributed by atoms with Crippen LogP contribution in [0.2, 0.25) is 0 Å². The van der Waals surface area contributed by atoms with Gasteiger partial charge in [0, 0.05) is 10.4 Å². The van der Waals surface area contributed by atoms with Crippen LogP contribution >= 0.6 is 11.3 Å². The Bertz CT molecular complexity index is 755. The summed E-state index contributed by atoms with van der Waals surface area (Å²) in [5, 5.41) is 2.96. The number of thiophene rings is 1. The summed E-state index contributed by atoms with van der Waals surface area (Å²) in [6, 6.07) is 5.81. The van der Waals surface area contributed by atoms with Crippen LogP contribution in [-0.2, 0) is 9.47 Å². The molecule has 0 fully saturated rings. The largest absolute Gasteiger partial charge is 0.465 e. The second-order valence-corrected chi connectivity index (χ2v) is 6.58. The third-order valence-electron chi connectivity index (χ3n) is 3.55. The van der Waals surface area contributed by atoms with Gasteiger partial charge in [-0.15, -0.1) is 11.3 Å². The molecular formula is C18H20FNO4S. The van der Waals surface area contributed by atoms with Crippen molar-refractivity contribution in [2.75, 3.05) is 19.0 Å². The van der Waals surface area contributed by atoms with Gasteiger partial charge >= 0.3 is 12.1 Å². The Hall–Kier alpha value is -2.41. The molecule has 1 heterocycles. The summed E-state index contributed by atoms with van der Waals surface area (Å²) in [6.07, 6.45) is 1.06. The predicted molar refractivity (Wildman–Crippen MR) is 95.7 cm³/mol. The van der Waals surface area contributed by atoms with E-state index in [-0.39, 0.29) is 11.4 Å². The van der Waals surface area contributed by atoms with Gasteiger partial charge in [-0.3, -0.25) is 5.32 Å². The van der Waals surface area contributed by atoms with Gasteiger partial charge in [0.2, 0.25) is 0 Å². The second-order valence-electron chi connectivity index (χ2n) is 5.35. The Morgan fingerprint density at radius 1 is 1.24 bits per heavy atom. The van der Waals surface area contributed by atoms with E-state index in [9.17, 15) is 14.0 Å². The minimum absolute atomic E-state index is 0.240. The number of benzene rings is 1. The Balaban J connectivity index is 2.37. The van der Waals surface area contributed by atoms with E-state index in [1.807, 2.05) is 13.8 Å². The molecule has 7 heteroatoms. The van der Waals surface area contributed by atoms with Crippen molar-refractivity contribution in [1.82, 2.24) is 0 Å². The van der Waals surface area contributed by atoms with Crippen LogP contribution in [0.4, 0.5) is 14.2 Å². The fourth-order valence-electron chi connectivity index (χ4n) is 2.33. The summed E-state index contributed by atoms with van der Waals surface area (Å²) >= 11 is 1.24. The molecule has 0 aliphatic carbocycles. The summed E-state index contributed by atoms with van der Waals surface area (Å²) < 4.78 is 23.1. The number of rotatable bonds is 6. The molecule has 25 heavy (non-hydrogen) atoms. The normalized spacial score (nSPS) is 10.4. The second kappa shape index (κ2) is 8.62. The van der Waals surface area contributed by atoms with Gasteiger partial charge in [0.25, 0.3) is 0 Å². The Morgan fingerprint density at radius 2 is 1.92 bits per heavy atom. The predicted octanol–water partition coefficient (Wildman–Crippen LogP) is 5.00. The number of amides is 1. The van der Waals surface area contributed by atoms with Gasteiger partial charge in [-0.1, -0.05) is 25.5 Å². The molecule has 2 rings (SSSR count). The smallest absolute Gasteiger partial charge is 0.412 e. The molecule has 134 valence electrons. The zero-order valence-electron chi connectivity index (χ0n) is 14.3. The van der Waals surface area contributed by atoms with E-state index in [1.54, 1.807) is 12.1 Å². The van der Waals surface area contributed by atoms with Crippen LogP contribution in [0, 0.1) is 12.7 Å². The number of halogens is 1. The van der Waals surface area contributed by atoms with Gasteiger partial charge < -0.3 is 9.47 Å². The average Bonchev–Trinajstić information content (AvgIpc) is 2.91. The van der Waals surface area contributed by atoms with Crippen LogP contribution < -0.4 is 5.32 Å². The number of hydrogen-bond donors (Lipinski definition) is 1. The van der Waals surface area contributed by atoms with Crippen molar-refractivity contribution in [1.29, 1.82) is 0 Å². The number of unbranched alkanes of at least 4 members (excludes halogenated alkanes) is 1. The lowest BCUT2D eigenvalue weighted by atomic mass is 10.0. The van der Waals surface area contributed by atoms with Gasteiger partial charge in [-0.2, -0.15) is 0 Å². The molecule has 5 nitrogen and oxygen atoms in total. The van der Waals surface area contributed by atoms with Gasteiger partial charge in [0.15, 0.2) is 0 Å². The van der Waals surface area contributed by atoms with Crippen molar-refractivity contribution < 1.29 is 23.5 Å². The molecule has 0 atom stereocenters. The van der Waals surface area contributed by atoms with Crippen LogP contribution in [-0.4, -0.2) is 25.8 Å². The molecule has 0 saturated heterocycles. The maximum absolute atomic E-state index is 13.2. The number of carbonyl (C=O) groups excluding carboxylic acids is 2. The number of aryl methyl sites for hydroxylation is 1. The number of methoxy groups -OCH3 is 1. The van der Waals surface area contributed by atoms with Crippen molar-refractivity contribution in [3.8, 4) is 11.1 Å². The van der Waals surface area contributed by atoms with Crippen LogP contribution in [0.5, 0.6) is 0 Å². The first-order valence-electron chi connectivity index (χ1n) is 7.89. The number of esters is 1. The fourth-order valence-corrected chi connectivity index (χ4v) is 3.38. The Morgan fingerprint density at radius 3 is 2.52 bits per heavy atom. The molecule has 0 unspecified atom stereocenters. The van der Waals surface area contributed by atoms with Gasteiger partial charge in [0.1, 0.15) is 16.4 Å². The van der Waals surface area contributed by atoms with Crippen molar-refractivity contribution >= 4 is 28.4 Å². The van der Waals surface area contributed by atoms with Crippen molar-refractivity contribution in [2.24, 2.45) is 0 Å². The lowest BCUT2D eigenvalue weighted by molar-refractivity contribution is 0.0603. The fraction of sp³-hybridized carbons (Fsp3) is 0.333. The third-order valence-corrected chi connectivity index (χ3v) is 4.57. The summed E-state index contributed by atoms with van der Waals surface area (Å²) in [6.45, 7) is 4.13. The molecular weight excluding hydrogens is 345 g/mol. The number of carbonyl (C=O) groups is 2. The minimum Gasteiger partial charge on any atom is -0.465 e. The zero-order chi connectivity index (χ0) is 18.4. The molecule has 0 spiro atoms. The monoisotopic (exact) mass is 365 g/mol. The highest BCUT2D eigenvalue weighted by Gasteiger charge is 2.25. The van der Waals surface area contributed by atoms with E-state index in [1.165, 1.54) is 30.6 Å². The van der Waals surface area contributed by atoms with Crippen molar-refractivity contribution in [2.45, 2.75) is 26.7 Å². The first kappa shape index (κ1) is 18.9. The van der Waals surface area contributed by atoms with E-state index >= 15 is 0 Å². The van der Waals surface area contributed by atoms with E-state index in [4.69, 9.17) is 9.47 Å². The van der Waals surface area contributed by atoms with Gasteiger partial charge in [0.05, 0.1) is 13.7 Å². The summed E-state index contributed by atoms with van der Waals surface area (Å²) in [5.74, 6) is -0.943. The molecule has 1 N–H and O–H groups in total. The van der Waals surface area contributed by atoms with Gasteiger partial charge in [-0.25, -0.2) is 14.0 Å². The molecule has 0 bridgehead atoms. The molecule has 1 amide bonds. The summed E-state index contributed by atoms with van der Waals surface area (Å²) in [7, 11) is 1.27. The minimum atomic E-state index is -0.620. The maximum Gasteiger partial charge on any atom is 0.412 e. The van der Waals surface area contributed by atoms with E-state index in [0.717, 1.165) is 17.7 Å². The van der Waals surface area contributed by atoms with Crippen LogP contribution in [0.15, 0.2) is 24.3 Å². The van der Waals surface area contributed by atoms with Crippen LogP contribution in [0.25, 0.3) is 11.1 Å². The quantitative estimate of drug-likeness (QED) is 0.578. The zero-order valence-corrected chi connectivity index (χ0v) is 15.2. The number of nitrogens with one attached hydrogen (secondary N) is 1. The number of ether oxygens (including phenoxy) is 2. The lowest BCUT2D eigenvalue weighted by Crippen LogP contribution is -2.16. The van der Waals surface area contributed by atoms with E-state index in [2.05, 4.69) is 5.32 Å². The highest BCUT2D eigenvalue weighted by molar-refractivity contribution is 7.17. The van der Waals surface area contributed by atoms with E-state index in [0.29, 0.717) is 22.7 Å². The molecule has 0 aliphatic rings. The molecule has 0 aliphatic heterocycles. The van der Waals surface area contributed by atoms with Crippen molar-refractivity contribution in [3.05, 3.63) is 40.5 Å². The average molecular weight is 365 g/mol. The molecule has 0 radical (unpaired) electrons. The number of anilines is 1. The van der Waals surface area contributed by atoms with Crippen molar-refractivity contribution in [3.63, 3.8) is 0 Å². The van der Waals surface area contributed by atoms with Crippen LogP contribution in [0.1, 0.15) is 35.0 Å². The topological polar surface area (TPSA) is 64.6 Å². The third kappa shape index (κ3) is 4.57. The standard InChI is InChI=1S/C18H20FNO4S/c1-4-5-10-24-18(22)20-16-15(17(21)23-3)14(11(2)25-16)12-6-8-13(19)9-7-12/h6-9H,4-5,10H2,1-3H3,(H,20,22).